The number of piperidine rings is 1. The zero-order valence-electron chi connectivity index (χ0n) is 15.5. The third kappa shape index (κ3) is 5.22. The van der Waals surface area contributed by atoms with E-state index in [1.165, 1.54) is 24.9 Å². The molecule has 0 spiro atoms. The zero-order chi connectivity index (χ0) is 18.2. The van der Waals surface area contributed by atoms with Crippen LogP contribution in [0.3, 0.4) is 0 Å². The summed E-state index contributed by atoms with van der Waals surface area (Å²) in [4.78, 5) is 18.6. The Kier molecular flexibility index (Phi) is 6.47. The molecule has 0 unspecified atom stereocenters. The molecule has 0 radical (unpaired) electrons. The lowest BCUT2D eigenvalue weighted by molar-refractivity contribution is -0.116. The molecule has 3 rings (SSSR count). The van der Waals surface area contributed by atoms with E-state index in [1.807, 2.05) is 12.1 Å². The van der Waals surface area contributed by atoms with E-state index >= 15 is 0 Å². The van der Waals surface area contributed by atoms with E-state index in [0.717, 1.165) is 43.1 Å². The summed E-state index contributed by atoms with van der Waals surface area (Å²) in [5.41, 5.74) is 3.03. The molecule has 26 heavy (non-hydrogen) atoms. The summed E-state index contributed by atoms with van der Waals surface area (Å²) in [5, 5.41) is 6.18. The number of hydrogen-bond acceptors (Lipinski definition) is 4. The van der Waals surface area contributed by atoms with E-state index in [-0.39, 0.29) is 5.91 Å². The van der Waals surface area contributed by atoms with Gasteiger partial charge in [-0.2, -0.15) is 0 Å². The second-order valence-electron chi connectivity index (χ2n) is 6.80. The van der Waals surface area contributed by atoms with E-state index in [9.17, 15) is 4.79 Å². The number of amides is 1. The van der Waals surface area contributed by atoms with E-state index in [0.29, 0.717) is 6.42 Å². The van der Waals surface area contributed by atoms with Crippen LogP contribution in [-0.4, -0.2) is 24.0 Å². The Morgan fingerprint density at radius 1 is 1.04 bits per heavy atom. The fourth-order valence-electron chi connectivity index (χ4n) is 3.16. The fraction of sp³-hybridized carbons (Fsp3) is 0.429. The maximum Gasteiger partial charge on any atom is 0.224 e. The van der Waals surface area contributed by atoms with Crippen molar-refractivity contribution in [1.29, 1.82) is 0 Å². The second kappa shape index (κ2) is 9.22. The minimum atomic E-state index is 0.0441. The van der Waals surface area contributed by atoms with Crippen molar-refractivity contribution in [3.8, 4) is 0 Å². The highest BCUT2D eigenvalue weighted by Crippen LogP contribution is 2.23. The molecule has 0 bridgehead atoms. The van der Waals surface area contributed by atoms with Gasteiger partial charge in [-0.3, -0.25) is 4.79 Å². The molecule has 1 aromatic carbocycles. The molecule has 2 N–H and O–H groups in total. The number of unbranched alkanes of at least 4 members (excludes halogenated alkanes) is 1. The van der Waals surface area contributed by atoms with Crippen LogP contribution in [-0.2, 0) is 4.79 Å². The molecule has 2 heterocycles. The van der Waals surface area contributed by atoms with Crippen molar-refractivity contribution < 1.29 is 4.79 Å². The first-order valence-electron chi connectivity index (χ1n) is 9.62. The lowest BCUT2D eigenvalue weighted by atomic mass is 10.1. The van der Waals surface area contributed by atoms with Gasteiger partial charge in [-0.15, -0.1) is 0 Å². The topological polar surface area (TPSA) is 57.3 Å². The van der Waals surface area contributed by atoms with Crippen LogP contribution in [0.1, 0.15) is 45.4 Å². The molecule has 1 amide bonds. The highest BCUT2D eigenvalue weighted by molar-refractivity contribution is 5.90. The quantitative estimate of drug-likeness (QED) is 0.741. The molecule has 138 valence electrons. The van der Waals surface area contributed by atoms with E-state index in [4.69, 9.17) is 0 Å². The fourth-order valence-corrected chi connectivity index (χ4v) is 3.16. The minimum Gasteiger partial charge on any atom is -0.372 e. The summed E-state index contributed by atoms with van der Waals surface area (Å²) in [6.45, 7) is 4.38. The Hall–Kier alpha value is -2.56. The minimum absolute atomic E-state index is 0.0441. The molecule has 5 nitrogen and oxygen atoms in total. The van der Waals surface area contributed by atoms with Crippen LogP contribution < -0.4 is 15.5 Å². The molecule has 1 saturated heterocycles. The van der Waals surface area contributed by atoms with Crippen LogP contribution in [0.15, 0.2) is 42.6 Å². The molecule has 1 aromatic heterocycles. The molecular formula is C21H28N4O. The van der Waals surface area contributed by atoms with Crippen molar-refractivity contribution in [3.63, 3.8) is 0 Å². The van der Waals surface area contributed by atoms with Gasteiger partial charge in [-0.05, 0) is 62.1 Å². The number of rotatable bonds is 7. The average molecular weight is 352 g/mol. The van der Waals surface area contributed by atoms with Crippen LogP contribution in [0.25, 0.3) is 0 Å². The number of hydrogen-bond donors (Lipinski definition) is 2. The predicted octanol–water partition coefficient (Wildman–Crippen LogP) is 4.94. The van der Waals surface area contributed by atoms with Crippen molar-refractivity contribution in [3.05, 3.63) is 42.6 Å². The predicted molar refractivity (Wildman–Crippen MR) is 108 cm³/mol. The van der Waals surface area contributed by atoms with Crippen LogP contribution in [0.4, 0.5) is 22.9 Å². The molecular weight excluding hydrogens is 324 g/mol. The van der Waals surface area contributed by atoms with Gasteiger partial charge in [0.15, 0.2) is 0 Å². The lowest BCUT2D eigenvalue weighted by Crippen LogP contribution is -2.29. The SMILES string of the molecule is CCCCC(=O)Nc1ccc(Nc2ccc(N3CCCCC3)cc2)nc1. The van der Waals surface area contributed by atoms with Gasteiger partial charge in [0, 0.05) is 30.9 Å². The number of carbonyl (C=O) groups excluding carboxylic acids is 1. The first kappa shape index (κ1) is 18.2. The molecule has 1 aliphatic heterocycles. The first-order valence-corrected chi connectivity index (χ1v) is 9.62. The number of nitrogens with zero attached hydrogens (tertiary/aromatic N) is 2. The number of aromatic nitrogens is 1. The second-order valence-corrected chi connectivity index (χ2v) is 6.80. The van der Waals surface area contributed by atoms with Crippen LogP contribution in [0, 0.1) is 0 Å². The van der Waals surface area contributed by atoms with Crippen LogP contribution in [0.2, 0.25) is 0 Å². The standard InChI is InChI=1S/C21H28N4O/c1-2-3-7-21(26)24-18-10-13-20(22-16-18)23-17-8-11-19(12-9-17)25-14-5-4-6-15-25/h8-13,16H,2-7,14-15H2,1H3,(H,22,23)(H,24,26). The van der Waals surface area contributed by atoms with Gasteiger partial charge in [0.2, 0.25) is 5.91 Å². The maximum atomic E-state index is 11.8. The van der Waals surface area contributed by atoms with Crippen molar-refractivity contribution in [2.24, 2.45) is 0 Å². The number of benzene rings is 1. The van der Waals surface area contributed by atoms with Gasteiger partial charge in [0.1, 0.15) is 5.82 Å². The van der Waals surface area contributed by atoms with Gasteiger partial charge < -0.3 is 15.5 Å². The number of carbonyl (C=O) groups is 1. The van der Waals surface area contributed by atoms with E-state index in [1.54, 1.807) is 6.20 Å². The van der Waals surface area contributed by atoms with Crippen LogP contribution in [0.5, 0.6) is 0 Å². The summed E-state index contributed by atoms with van der Waals surface area (Å²) >= 11 is 0. The lowest BCUT2D eigenvalue weighted by Gasteiger charge is -2.28. The molecule has 0 aliphatic carbocycles. The Morgan fingerprint density at radius 3 is 2.42 bits per heavy atom. The average Bonchev–Trinajstić information content (AvgIpc) is 2.69. The molecule has 1 aliphatic rings. The van der Waals surface area contributed by atoms with Crippen molar-refractivity contribution in [1.82, 2.24) is 4.98 Å². The number of pyridine rings is 1. The van der Waals surface area contributed by atoms with Gasteiger partial charge in [-0.25, -0.2) is 4.98 Å². The smallest absolute Gasteiger partial charge is 0.224 e. The summed E-state index contributed by atoms with van der Waals surface area (Å²) in [5.74, 6) is 0.810. The first-order chi connectivity index (χ1) is 12.7. The van der Waals surface area contributed by atoms with E-state index < -0.39 is 0 Å². The van der Waals surface area contributed by atoms with Gasteiger partial charge in [0.25, 0.3) is 0 Å². The largest absolute Gasteiger partial charge is 0.372 e. The summed E-state index contributed by atoms with van der Waals surface area (Å²) in [7, 11) is 0. The monoisotopic (exact) mass is 352 g/mol. The Bertz CT molecular complexity index is 691. The van der Waals surface area contributed by atoms with E-state index in [2.05, 4.69) is 51.7 Å². The van der Waals surface area contributed by atoms with Crippen molar-refractivity contribution in [2.75, 3.05) is 28.6 Å². The highest BCUT2D eigenvalue weighted by Gasteiger charge is 2.10. The molecule has 2 aromatic rings. The molecule has 0 saturated carbocycles. The Labute approximate surface area is 155 Å². The third-order valence-corrected chi connectivity index (χ3v) is 4.67. The summed E-state index contributed by atoms with van der Waals surface area (Å²) in [6, 6.07) is 12.3. The third-order valence-electron chi connectivity index (χ3n) is 4.67. The van der Waals surface area contributed by atoms with Crippen LogP contribution >= 0.6 is 0 Å². The van der Waals surface area contributed by atoms with Gasteiger partial charge in [0.05, 0.1) is 11.9 Å². The van der Waals surface area contributed by atoms with Crippen molar-refractivity contribution >= 4 is 28.8 Å². The maximum absolute atomic E-state index is 11.8. The molecule has 1 fully saturated rings. The van der Waals surface area contributed by atoms with Gasteiger partial charge >= 0.3 is 0 Å². The number of anilines is 4. The molecule has 5 heteroatoms. The number of nitrogens with one attached hydrogen (secondary N) is 2. The normalized spacial score (nSPS) is 14.1. The Balaban J connectivity index is 1.54. The highest BCUT2D eigenvalue weighted by atomic mass is 16.1. The zero-order valence-corrected chi connectivity index (χ0v) is 15.5. The summed E-state index contributed by atoms with van der Waals surface area (Å²) < 4.78 is 0. The van der Waals surface area contributed by atoms with Crippen molar-refractivity contribution in [2.45, 2.75) is 45.4 Å². The van der Waals surface area contributed by atoms with Gasteiger partial charge in [-0.1, -0.05) is 13.3 Å². The Morgan fingerprint density at radius 2 is 1.77 bits per heavy atom. The summed E-state index contributed by atoms with van der Waals surface area (Å²) in [6.07, 6.45) is 8.08. The molecule has 0 atom stereocenters.